The smallest absolute Gasteiger partial charge is 0.126 e. The van der Waals surface area contributed by atoms with Gasteiger partial charge in [0.15, 0.2) is 0 Å². The van der Waals surface area contributed by atoms with E-state index in [4.69, 9.17) is 5.84 Å². The van der Waals surface area contributed by atoms with Crippen LogP contribution in [0.3, 0.4) is 0 Å². The lowest BCUT2D eigenvalue weighted by molar-refractivity contribution is 0.566. The predicted molar refractivity (Wildman–Crippen MR) is 64.8 cm³/mol. The van der Waals surface area contributed by atoms with Gasteiger partial charge in [0.1, 0.15) is 11.6 Å². The van der Waals surface area contributed by atoms with Gasteiger partial charge >= 0.3 is 0 Å². The molecular formula is C11H12F2N4S. The van der Waals surface area contributed by atoms with Crippen LogP contribution in [-0.2, 0) is 6.42 Å². The molecule has 0 aliphatic rings. The number of aryl methyl sites for hydroxylation is 1. The van der Waals surface area contributed by atoms with Crippen LogP contribution in [0.25, 0.3) is 0 Å². The van der Waals surface area contributed by atoms with E-state index >= 15 is 0 Å². The molecule has 1 aromatic heterocycles. The fraction of sp³-hybridized carbons (Fsp3) is 0.273. The molecule has 0 fully saturated rings. The van der Waals surface area contributed by atoms with E-state index in [1.54, 1.807) is 0 Å². The van der Waals surface area contributed by atoms with Gasteiger partial charge in [-0.3, -0.25) is 5.84 Å². The number of benzene rings is 1. The summed E-state index contributed by atoms with van der Waals surface area (Å²) in [5, 5.41) is 3.96. The average molecular weight is 270 g/mol. The molecule has 2 aromatic rings. The molecule has 96 valence electrons. The van der Waals surface area contributed by atoms with Crippen LogP contribution in [0.15, 0.2) is 18.2 Å². The van der Waals surface area contributed by atoms with E-state index in [1.165, 1.54) is 12.1 Å². The van der Waals surface area contributed by atoms with Gasteiger partial charge in [0.05, 0.1) is 16.6 Å². The van der Waals surface area contributed by atoms with Gasteiger partial charge in [-0.15, -0.1) is 5.10 Å². The van der Waals surface area contributed by atoms with E-state index < -0.39 is 17.7 Å². The van der Waals surface area contributed by atoms with Crippen LogP contribution in [0.4, 0.5) is 8.78 Å². The van der Waals surface area contributed by atoms with Crippen molar-refractivity contribution in [3.63, 3.8) is 0 Å². The minimum absolute atomic E-state index is 0.413. The SMILES string of the molecule is CCc1nnsc1C(NN)c1cc(F)cc(F)c1. The summed E-state index contributed by atoms with van der Waals surface area (Å²) in [6.45, 7) is 1.93. The minimum atomic E-state index is -0.638. The summed E-state index contributed by atoms with van der Waals surface area (Å²) >= 11 is 1.16. The Morgan fingerprint density at radius 1 is 1.33 bits per heavy atom. The summed E-state index contributed by atoms with van der Waals surface area (Å²) < 4.78 is 30.3. The van der Waals surface area contributed by atoms with Gasteiger partial charge in [-0.2, -0.15) is 0 Å². The van der Waals surface area contributed by atoms with E-state index in [0.717, 1.165) is 28.2 Å². The van der Waals surface area contributed by atoms with Crippen LogP contribution < -0.4 is 11.3 Å². The molecule has 4 nitrogen and oxygen atoms in total. The topological polar surface area (TPSA) is 63.8 Å². The fourth-order valence-electron chi connectivity index (χ4n) is 1.75. The third-order valence-corrected chi connectivity index (χ3v) is 3.40. The largest absolute Gasteiger partial charge is 0.271 e. The number of hydrogen-bond acceptors (Lipinski definition) is 5. The molecule has 3 N–H and O–H groups in total. The molecule has 0 saturated carbocycles. The van der Waals surface area contributed by atoms with Crippen LogP contribution >= 0.6 is 11.5 Å². The summed E-state index contributed by atoms with van der Waals surface area (Å²) in [6, 6.07) is 2.80. The maximum Gasteiger partial charge on any atom is 0.126 e. The van der Waals surface area contributed by atoms with E-state index in [2.05, 4.69) is 15.0 Å². The van der Waals surface area contributed by atoms with Crippen LogP contribution in [0, 0.1) is 11.6 Å². The first-order valence-electron chi connectivity index (χ1n) is 5.39. The molecule has 1 aromatic carbocycles. The van der Waals surface area contributed by atoms with E-state index in [1.807, 2.05) is 6.92 Å². The zero-order chi connectivity index (χ0) is 13.1. The standard InChI is InChI=1S/C11H12F2N4S/c1-2-9-11(18-17-16-9)10(15-14)6-3-7(12)5-8(13)4-6/h3-5,10,15H,2,14H2,1H3. The Morgan fingerprint density at radius 3 is 2.56 bits per heavy atom. The van der Waals surface area contributed by atoms with Crippen LogP contribution in [-0.4, -0.2) is 9.59 Å². The number of nitrogens with two attached hydrogens (primary N) is 1. The summed E-state index contributed by atoms with van der Waals surface area (Å²) in [5.74, 6) is 4.20. The van der Waals surface area contributed by atoms with Crippen molar-refractivity contribution in [1.29, 1.82) is 0 Å². The first-order valence-corrected chi connectivity index (χ1v) is 6.16. The Kier molecular flexibility index (Phi) is 3.95. The Balaban J connectivity index is 2.45. The van der Waals surface area contributed by atoms with Crippen molar-refractivity contribution in [2.24, 2.45) is 5.84 Å². The highest BCUT2D eigenvalue weighted by molar-refractivity contribution is 7.05. The first-order chi connectivity index (χ1) is 8.65. The maximum atomic E-state index is 13.2. The zero-order valence-corrected chi connectivity index (χ0v) is 10.5. The van der Waals surface area contributed by atoms with E-state index in [0.29, 0.717) is 12.0 Å². The van der Waals surface area contributed by atoms with Crippen molar-refractivity contribution >= 4 is 11.5 Å². The Labute approximate surface area is 107 Å². The molecule has 7 heteroatoms. The van der Waals surface area contributed by atoms with Gasteiger partial charge in [-0.05, 0) is 35.6 Å². The highest BCUT2D eigenvalue weighted by Crippen LogP contribution is 2.27. The molecule has 0 aliphatic heterocycles. The summed E-state index contributed by atoms with van der Waals surface area (Å²) in [7, 11) is 0. The lowest BCUT2D eigenvalue weighted by Gasteiger charge is -2.15. The zero-order valence-electron chi connectivity index (χ0n) is 9.65. The number of rotatable bonds is 4. The second kappa shape index (κ2) is 5.47. The van der Waals surface area contributed by atoms with Crippen molar-refractivity contribution < 1.29 is 8.78 Å². The lowest BCUT2D eigenvalue weighted by Crippen LogP contribution is -2.29. The Hall–Kier alpha value is -1.44. The van der Waals surface area contributed by atoms with Crippen molar-refractivity contribution in [2.45, 2.75) is 19.4 Å². The molecule has 0 saturated heterocycles. The summed E-state index contributed by atoms with van der Waals surface area (Å²) in [5.41, 5.74) is 3.73. The normalized spacial score (nSPS) is 12.7. The van der Waals surface area contributed by atoms with Crippen LogP contribution in [0.5, 0.6) is 0 Å². The number of nitrogens with zero attached hydrogens (tertiary/aromatic N) is 2. The van der Waals surface area contributed by atoms with Crippen molar-refractivity contribution in [2.75, 3.05) is 0 Å². The lowest BCUT2D eigenvalue weighted by atomic mass is 10.0. The molecule has 1 unspecified atom stereocenters. The number of hydrogen-bond donors (Lipinski definition) is 2. The van der Waals surface area contributed by atoms with Crippen LogP contribution in [0.1, 0.15) is 29.1 Å². The first kappa shape index (κ1) is 13.0. The van der Waals surface area contributed by atoms with E-state index in [9.17, 15) is 8.78 Å². The van der Waals surface area contributed by atoms with Gasteiger partial charge in [0.25, 0.3) is 0 Å². The second-order valence-electron chi connectivity index (χ2n) is 3.74. The monoisotopic (exact) mass is 270 g/mol. The molecule has 2 rings (SSSR count). The predicted octanol–water partition coefficient (Wildman–Crippen LogP) is 1.93. The van der Waals surface area contributed by atoms with E-state index in [-0.39, 0.29) is 0 Å². The summed E-state index contributed by atoms with van der Waals surface area (Å²) in [4.78, 5) is 0.769. The van der Waals surface area contributed by atoms with Crippen molar-refractivity contribution in [3.05, 3.63) is 46.0 Å². The van der Waals surface area contributed by atoms with Gasteiger partial charge < -0.3 is 0 Å². The number of nitrogens with one attached hydrogen (secondary N) is 1. The molecule has 1 heterocycles. The maximum absolute atomic E-state index is 13.2. The molecule has 0 aliphatic carbocycles. The van der Waals surface area contributed by atoms with Gasteiger partial charge in [-0.1, -0.05) is 11.4 Å². The van der Waals surface area contributed by atoms with Gasteiger partial charge in [-0.25, -0.2) is 14.2 Å². The molecule has 0 amide bonds. The molecule has 18 heavy (non-hydrogen) atoms. The minimum Gasteiger partial charge on any atom is -0.271 e. The average Bonchev–Trinajstić information content (AvgIpc) is 2.77. The van der Waals surface area contributed by atoms with Crippen molar-refractivity contribution in [3.8, 4) is 0 Å². The third-order valence-electron chi connectivity index (χ3n) is 2.57. The molecule has 1 atom stereocenters. The molecule has 0 radical (unpaired) electrons. The molecular weight excluding hydrogens is 258 g/mol. The third kappa shape index (κ3) is 2.53. The highest BCUT2D eigenvalue weighted by Gasteiger charge is 2.20. The number of halogens is 2. The highest BCUT2D eigenvalue weighted by atomic mass is 32.1. The van der Waals surface area contributed by atoms with Gasteiger partial charge in [0, 0.05) is 6.07 Å². The number of aromatic nitrogens is 2. The van der Waals surface area contributed by atoms with Crippen molar-refractivity contribution in [1.82, 2.24) is 15.0 Å². The van der Waals surface area contributed by atoms with Gasteiger partial charge in [0.2, 0.25) is 0 Å². The fourth-order valence-corrected chi connectivity index (χ4v) is 2.57. The molecule has 0 spiro atoms. The molecule has 0 bridgehead atoms. The quantitative estimate of drug-likeness (QED) is 0.658. The summed E-state index contributed by atoms with van der Waals surface area (Å²) in [6.07, 6.45) is 0.682. The Morgan fingerprint density at radius 2 is 2.00 bits per heavy atom. The Bertz CT molecular complexity index is 523. The number of hydrazine groups is 1. The van der Waals surface area contributed by atoms with Crippen LogP contribution in [0.2, 0.25) is 0 Å². The second-order valence-corrected chi connectivity index (χ2v) is 4.53.